The Morgan fingerprint density at radius 3 is 2.11 bits per heavy atom. The molecule has 0 heterocycles. The van der Waals surface area contributed by atoms with E-state index in [4.69, 9.17) is 0 Å². The molecule has 0 unspecified atom stereocenters. The minimum atomic E-state index is -4.41. The van der Waals surface area contributed by atoms with Gasteiger partial charge in [-0.2, -0.15) is 13.2 Å². The maximum atomic E-state index is 13.0. The van der Waals surface area contributed by atoms with Gasteiger partial charge >= 0.3 is 6.18 Å². The van der Waals surface area contributed by atoms with Gasteiger partial charge in [0.05, 0.1) is 5.56 Å². The molecule has 98 valence electrons. The summed E-state index contributed by atoms with van der Waals surface area (Å²) in [6.45, 7) is 0. The van der Waals surface area contributed by atoms with E-state index in [1.807, 2.05) is 0 Å². The average Bonchev–Trinajstić information content (AvgIpc) is 2.37. The fourth-order valence-electron chi connectivity index (χ4n) is 1.73. The van der Waals surface area contributed by atoms with E-state index in [9.17, 15) is 22.4 Å². The van der Waals surface area contributed by atoms with E-state index < -0.39 is 17.6 Å². The third-order valence-electron chi connectivity index (χ3n) is 2.66. The highest BCUT2D eigenvalue weighted by molar-refractivity contribution is 5.87. The Balaban J connectivity index is 2.46. The lowest BCUT2D eigenvalue weighted by Crippen LogP contribution is -2.04. The van der Waals surface area contributed by atoms with Gasteiger partial charge in [0.15, 0.2) is 6.29 Å². The molecule has 0 aromatic heterocycles. The molecule has 1 nitrogen and oxygen atoms in total. The zero-order valence-corrected chi connectivity index (χ0v) is 9.54. The number of hydrogen-bond acceptors (Lipinski definition) is 1. The third kappa shape index (κ3) is 2.81. The lowest BCUT2D eigenvalue weighted by atomic mass is 9.99. The first-order chi connectivity index (χ1) is 8.91. The minimum Gasteiger partial charge on any atom is -0.298 e. The van der Waals surface area contributed by atoms with E-state index >= 15 is 0 Å². The van der Waals surface area contributed by atoms with Gasteiger partial charge in [0.1, 0.15) is 5.82 Å². The molecule has 0 bridgehead atoms. The fraction of sp³-hybridized carbons (Fsp3) is 0.0714. The fourth-order valence-corrected chi connectivity index (χ4v) is 1.73. The maximum absolute atomic E-state index is 13.0. The second kappa shape index (κ2) is 4.84. The predicted molar refractivity (Wildman–Crippen MR) is 62.2 cm³/mol. The molecule has 0 radical (unpaired) electrons. The Bertz CT molecular complexity index is 600. The van der Waals surface area contributed by atoms with Gasteiger partial charge < -0.3 is 0 Å². The molecule has 0 aliphatic rings. The van der Waals surface area contributed by atoms with Gasteiger partial charge in [-0.25, -0.2) is 4.39 Å². The van der Waals surface area contributed by atoms with Gasteiger partial charge in [-0.15, -0.1) is 0 Å². The van der Waals surface area contributed by atoms with Gasteiger partial charge in [0.25, 0.3) is 0 Å². The van der Waals surface area contributed by atoms with Crippen molar-refractivity contribution in [1.82, 2.24) is 0 Å². The van der Waals surface area contributed by atoms with Gasteiger partial charge in [-0.05, 0) is 35.4 Å². The van der Waals surface area contributed by atoms with Crippen molar-refractivity contribution in [2.75, 3.05) is 0 Å². The highest BCUT2D eigenvalue weighted by atomic mass is 19.4. The van der Waals surface area contributed by atoms with Gasteiger partial charge in [0, 0.05) is 5.56 Å². The van der Waals surface area contributed by atoms with Gasteiger partial charge in [-0.1, -0.05) is 18.2 Å². The number of carbonyl (C=O) groups excluding carboxylic acids is 1. The number of halogens is 4. The lowest BCUT2D eigenvalue weighted by Gasteiger charge is -2.09. The molecule has 0 aliphatic heterocycles. The van der Waals surface area contributed by atoms with Crippen molar-refractivity contribution in [3.63, 3.8) is 0 Å². The van der Waals surface area contributed by atoms with Gasteiger partial charge in [-0.3, -0.25) is 4.79 Å². The molecule has 0 spiro atoms. The molecule has 2 aromatic rings. The number of benzene rings is 2. The molecule has 0 atom stereocenters. The van der Waals surface area contributed by atoms with Crippen LogP contribution in [0.15, 0.2) is 42.5 Å². The summed E-state index contributed by atoms with van der Waals surface area (Å²) in [6, 6.07) is 7.91. The van der Waals surface area contributed by atoms with Crippen LogP contribution in [0.1, 0.15) is 15.9 Å². The number of hydrogen-bond donors (Lipinski definition) is 0. The summed E-state index contributed by atoms with van der Waals surface area (Å²) in [5.74, 6) is -0.572. The van der Waals surface area contributed by atoms with Crippen molar-refractivity contribution in [3.8, 4) is 11.1 Å². The van der Waals surface area contributed by atoms with E-state index in [-0.39, 0.29) is 5.56 Å². The van der Waals surface area contributed by atoms with E-state index in [0.29, 0.717) is 17.4 Å². The summed E-state index contributed by atoms with van der Waals surface area (Å²) in [5, 5.41) is 0. The molecule has 0 saturated carbocycles. The van der Waals surface area contributed by atoms with Crippen LogP contribution in [0, 0.1) is 5.82 Å². The highest BCUT2D eigenvalue weighted by Crippen LogP contribution is 2.31. The summed E-state index contributed by atoms with van der Waals surface area (Å²) < 4.78 is 50.2. The highest BCUT2D eigenvalue weighted by Gasteiger charge is 2.30. The topological polar surface area (TPSA) is 17.1 Å². The van der Waals surface area contributed by atoms with Crippen molar-refractivity contribution < 1.29 is 22.4 Å². The first kappa shape index (κ1) is 13.3. The zero-order chi connectivity index (χ0) is 14.0. The second-order valence-corrected chi connectivity index (χ2v) is 3.92. The second-order valence-electron chi connectivity index (χ2n) is 3.92. The molecular formula is C14H8F4O. The molecule has 0 N–H and O–H groups in total. The van der Waals surface area contributed by atoms with Crippen LogP contribution in [-0.4, -0.2) is 6.29 Å². The third-order valence-corrected chi connectivity index (χ3v) is 2.66. The minimum absolute atomic E-state index is 0.0970. The number of aldehydes is 1. The van der Waals surface area contributed by atoms with Crippen LogP contribution in [0.25, 0.3) is 11.1 Å². The summed E-state index contributed by atoms with van der Waals surface area (Å²) in [6.07, 6.45) is -3.94. The van der Waals surface area contributed by atoms with Crippen LogP contribution >= 0.6 is 0 Å². The summed E-state index contributed by atoms with van der Waals surface area (Å²) in [5.41, 5.74) is 0.144. The molecular weight excluding hydrogens is 260 g/mol. The van der Waals surface area contributed by atoms with Crippen LogP contribution in [-0.2, 0) is 6.18 Å². The SMILES string of the molecule is O=Cc1cc(F)ccc1-c1ccc(C(F)(F)F)cc1. The Morgan fingerprint density at radius 1 is 0.947 bits per heavy atom. The standard InChI is InChI=1S/C14H8F4O/c15-12-5-6-13(10(7-12)8-19)9-1-3-11(4-2-9)14(16,17)18/h1-8H. The molecule has 2 aromatic carbocycles. The predicted octanol–water partition coefficient (Wildman–Crippen LogP) is 4.32. The lowest BCUT2D eigenvalue weighted by molar-refractivity contribution is -0.137. The van der Waals surface area contributed by atoms with E-state index in [2.05, 4.69) is 0 Å². The monoisotopic (exact) mass is 268 g/mol. The molecule has 2 rings (SSSR count). The van der Waals surface area contributed by atoms with E-state index in [1.54, 1.807) is 0 Å². The molecule has 19 heavy (non-hydrogen) atoms. The van der Waals surface area contributed by atoms with Crippen molar-refractivity contribution in [2.24, 2.45) is 0 Å². The maximum Gasteiger partial charge on any atom is 0.416 e. The Hall–Kier alpha value is -2.17. The largest absolute Gasteiger partial charge is 0.416 e. The van der Waals surface area contributed by atoms with Gasteiger partial charge in [0.2, 0.25) is 0 Å². The van der Waals surface area contributed by atoms with Crippen molar-refractivity contribution in [1.29, 1.82) is 0 Å². The first-order valence-corrected chi connectivity index (χ1v) is 5.34. The quantitative estimate of drug-likeness (QED) is 0.585. The first-order valence-electron chi connectivity index (χ1n) is 5.34. The number of alkyl halides is 3. The zero-order valence-electron chi connectivity index (χ0n) is 9.54. The molecule has 0 saturated heterocycles. The smallest absolute Gasteiger partial charge is 0.298 e. The summed E-state index contributed by atoms with van der Waals surface area (Å²) >= 11 is 0. The average molecular weight is 268 g/mol. The van der Waals surface area contributed by atoms with Crippen LogP contribution in [0.2, 0.25) is 0 Å². The van der Waals surface area contributed by atoms with Crippen molar-refractivity contribution >= 4 is 6.29 Å². The molecule has 5 heteroatoms. The number of carbonyl (C=O) groups is 1. The van der Waals surface area contributed by atoms with Crippen molar-refractivity contribution in [2.45, 2.75) is 6.18 Å². The van der Waals surface area contributed by atoms with E-state index in [0.717, 1.165) is 24.3 Å². The normalized spacial score (nSPS) is 11.4. The molecule has 0 aliphatic carbocycles. The van der Waals surface area contributed by atoms with Crippen molar-refractivity contribution in [3.05, 3.63) is 59.4 Å². The Morgan fingerprint density at radius 2 is 1.58 bits per heavy atom. The molecule has 0 amide bonds. The van der Waals surface area contributed by atoms with Crippen LogP contribution in [0.5, 0.6) is 0 Å². The Kier molecular flexibility index (Phi) is 3.38. The van der Waals surface area contributed by atoms with Crippen LogP contribution in [0.3, 0.4) is 0 Å². The number of rotatable bonds is 2. The Labute approximate surface area is 106 Å². The van der Waals surface area contributed by atoms with Crippen LogP contribution in [0.4, 0.5) is 17.6 Å². The summed E-state index contributed by atoms with van der Waals surface area (Å²) in [4.78, 5) is 10.8. The molecule has 0 fully saturated rings. The van der Waals surface area contributed by atoms with E-state index in [1.165, 1.54) is 18.2 Å². The summed E-state index contributed by atoms with van der Waals surface area (Å²) in [7, 11) is 0. The van der Waals surface area contributed by atoms with Crippen LogP contribution < -0.4 is 0 Å².